The molecule has 0 radical (unpaired) electrons. The average Bonchev–Trinajstić information content (AvgIpc) is 3.48. The lowest BCUT2D eigenvalue weighted by Gasteiger charge is -2.21. The largest absolute Gasteiger partial charge is 0.458 e. The van der Waals surface area contributed by atoms with Crippen molar-refractivity contribution >= 4 is 46.1 Å². The number of amides is 5. The van der Waals surface area contributed by atoms with Crippen molar-refractivity contribution in [1.82, 2.24) is 10.2 Å². The van der Waals surface area contributed by atoms with Gasteiger partial charge in [0.15, 0.2) is 5.54 Å². The van der Waals surface area contributed by atoms with E-state index >= 15 is 0 Å². The summed E-state index contributed by atoms with van der Waals surface area (Å²) in [6, 6.07) is 15.3. The highest BCUT2D eigenvalue weighted by Crippen LogP contribution is 2.33. The molecule has 0 aliphatic carbocycles. The molecule has 2 N–H and O–H groups in total. The molecule has 9 heteroatoms. The van der Waals surface area contributed by atoms with Gasteiger partial charge < -0.3 is 20.0 Å². The summed E-state index contributed by atoms with van der Waals surface area (Å²) in [5, 5.41) is 6.19. The van der Waals surface area contributed by atoms with Gasteiger partial charge in [-0.3, -0.25) is 19.3 Å². The van der Waals surface area contributed by atoms with E-state index in [-0.39, 0.29) is 5.91 Å². The Morgan fingerprint density at radius 3 is 2.64 bits per heavy atom. The van der Waals surface area contributed by atoms with Gasteiger partial charge in [-0.05, 0) is 37.6 Å². The molecule has 3 aromatic rings. The number of carbonyl (C=O) groups excluding carboxylic acids is 4. The Balaban J connectivity index is 1.34. The van der Waals surface area contributed by atoms with Crippen LogP contribution in [0, 0.1) is 0 Å². The van der Waals surface area contributed by atoms with E-state index in [4.69, 9.17) is 4.42 Å². The number of imide groups is 1. The first-order valence-corrected chi connectivity index (χ1v) is 10.7. The Bertz CT molecular complexity index is 1270. The van der Waals surface area contributed by atoms with E-state index in [1.54, 1.807) is 48.2 Å². The number of urea groups is 1. The third kappa shape index (κ3) is 3.51. The monoisotopic (exact) mass is 446 g/mol. The van der Waals surface area contributed by atoms with E-state index < -0.39 is 29.9 Å². The number of fused-ring (bicyclic) bond motifs is 1. The summed E-state index contributed by atoms with van der Waals surface area (Å²) in [5.41, 5.74) is 0.221. The smallest absolute Gasteiger partial charge is 0.325 e. The van der Waals surface area contributed by atoms with Gasteiger partial charge in [0.1, 0.15) is 17.9 Å². The highest BCUT2D eigenvalue weighted by molar-refractivity contribution is 6.11. The van der Waals surface area contributed by atoms with Gasteiger partial charge in [0.05, 0.1) is 11.4 Å². The molecular formula is C24H22N4O5. The van der Waals surface area contributed by atoms with Crippen molar-refractivity contribution in [2.45, 2.75) is 25.3 Å². The quantitative estimate of drug-likeness (QED) is 0.585. The van der Waals surface area contributed by atoms with Gasteiger partial charge in [-0.1, -0.05) is 30.3 Å². The lowest BCUT2D eigenvalue weighted by molar-refractivity contribution is -0.134. The molecule has 0 saturated carbocycles. The van der Waals surface area contributed by atoms with E-state index in [2.05, 4.69) is 10.6 Å². The predicted molar refractivity (Wildman–Crippen MR) is 120 cm³/mol. The molecule has 1 aromatic heterocycles. The van der Waals surface area contributed by atoms with Crippen molar-refractivity contribution in [3.8, 4) is 0 Å². The first-order chi connectivity index (χ1) is 15.9. The van der Waals surface area contributed by atoms with Crippen molar-refractivity contribution < 1.29 is 23.6 Å². The first kappa shape index (κ1) is 20.7. The van der Waals surface area contributed by atoms with Crippen LogP contribution in [0.2, 0.25) is 0 Å². The number of anilines is 2. The predicted octanol–water partition coefficient (Wildman–Crippen LogP) is 2.97. The Labute approximate surface area is 189 Å². The van der Waals surface area contributed by atoms with Gasteiger partial charge in [0.25, 0.3) is 5.91 Å². The minimum atomic E-state index is -1.42. The molecule has 5 amide bonds. The minimum absolute atomic E-state index is 0.00704. The molecule has 5 rings (SSSR count). The number of carbonyl (C=O) groups is 4. The Morgan fingerprint density at radius 2 is 1.88 bits per heavy atom. The van der Waals surface area contributed by atoms with E-state index in [9.17, 15) is 19.2 Å². The lowest BCUT2D eigenvalue weighted by atomic mass is 9.99. The fourth-order valence-electron chi connectivity index (χ4n) is 4.29. The van der Waals surface area contributed by atoms with Crippen molar-refractivity contribution in [1.29, 1.82) is 0 Å². The summed E-state index contributed by atoms with van der Waals surface area (Å²) in [4.78, 5) is 53.2. The van der Waals surface area contributed by atoms with Crippen molar-refractivity contribution in [2.24, 2.45) is 0 Å². The highest BCUT2D eigenvalue weighted by atomic mass is 16.3. The number of furan rings is 1. The maximum absolute atomic E-state index is 13.2. The summed E-state index contributed by atoms with van der Waals surface area (Å²) >= 11 is 0. The molecule has 0 unspecified atom stereocenters. The molecule has 2 aromatic carbocycles. The molecule has 2 saturated heterocycles. The summed E-state index contributed by atoms with van der Waals surface area (Å²) in [6.07, 6.45) is 1.22. The molecule has 0 bridgehead atoms. The number of nitrogens with one attached hydrogen (secondary N) is 2. The molecule has 3 heterocycles. The maximum atomic E-state index is 13.2. The molecule has 33 heavy (non-hydrogen) atoms. The first-order valence-electron chi connectivity index (χ1n) is 10.7. The standard InChI is InChI=1S/C24H22N4O5/c1-24(19-13-15-7-2-5-10-18(15)33-19)22(31)28(23(32)26-24)14-20(29)25-16-8-3-4-9-17(16)27-12-6-11-21(27)30/h2-5,7-10,13H,6,11-12,14H2,1H3,(H,25,29)(H,26,32)/t24-/m1/s1. The van der Waals surface area contributed by atoms with Crippen molar-refractivity contribution in [2.75, 3.05) is 23.3 Å². The van der Waals surface area contributed by atoms with Crippen molar-refractivity contribution in [3.63, 3.8) is 0 Å². The van der Waals surface area contributed by atoms with Gasteiger partial charge in [0.2, 0.25) is 11.8 Å². The molecule has 168 valence electrons. The van der Waals surface area contributed by atoms with Gasteiger partial charge in [0, 0.05) is 18.4 Å². The van der Waals surface area contributed by atoms with Crippen molar-refractivity contribution in [3.05, 3.63) is 60.4 Å². The van der Waals surface area contributed by atoms with Gasteiger partial charge in [-0.25, -0.2) is 4.79 Å². The summed E-state index contributed by atoms with van der Waals surface area (Å²) in [6.45, 7) is 1.66. The number of nitrogens with zero attached hydrogens (tertiary/aromatic N) is 2. The molecule has 0 spiro atoms. The minimum Gasteiger partial charge on any atom is -0.458 e. The second kappa shape index (κ2) is 7.77. The summed E-state index contributed by atoms with van der Waals surface area (Å²) in [7, 11) is 0. The number of rotatable bonds is 5. The van der Waals surface area contributed by atoms with Crippen LogP contribution in [-0.4, -0.2) is 41.7 Å². The van der Waals surface area contributed by atoms with E-state index in [0.29, 0.717) is 35.7 Å². The zero-order valence-electron chi connectivity index (χ0n) is 18.0. The van der Waals surface area contributed by atoms with E-state index in [1.165, 1.54) is 0 Å². The number of hydrogen-bond donors (Lipinski definition) is 2. The van der Waals surface area contributed by atoms with Gasteiger partial charge in [-0.2, -0.15) is 0 Å². The molecule has 2 aliphatic rings. The maximum Gasteiger partial charge on any atom is 0.325 e. The Hall–Kier alpha value is -4.14. The second-order valence-corrected chi connectivity index (χ2v) is 8.31. The lowest BCUT2D eigenvalue weighted by Crippen LogP contribution is -2.42. The third-order valence-corrected chi connectivity index (χ3v) is 6.04. The summed E-state index contributed by atoms with van der Waals surface area (Å²) < 4.78 is 5.81. The topological polar surface area (TPSA) is 112 Å². The Morgan fingerprint density at radius 1 is 1.12 bits per heavy atom. The van der Waals surface area contributed by atoms with Crippen LogP contribution in [0.1, 0.15) is 25.5 Å². The van der Waals surface area contributed by atoms with Crippen LogP contribution in [0.25, 0.3) is 11.0 Å². The van der Waals surface area contributed by atoms with Crippen LogP contribution >= 0.6 is 0 Å². The van der Waals surface area contributed by atoms with E-state index in [1.807, 2.05) is 18.2 Å². The number of hydrogen-bond acceptors (Lipinski definition) is 5. The molecule has 2 aliphatic heterocycles. The average molecular weight is 446 g/mol. The second-order valence-electron chi connectivity index (χ2n) is 8.31. The zero-order chi connectivity index (χ0) is 23.2. The zero-order valence-corrected chi connectivity index (χ0v) is 18.0. The van der Waals surface area contributed by atoms with Gasteiger partial charge in [-0.15, -0.1) is 0 Å². The SMILES string of the molecule is C[C@]1(c2cc3ccccc3o2)NC(=O)N(CC(=O)Nc2ccccc2N2CCCC2=O)C1=O. The third-order valence-electron chi connectivity index (χ3n) is 6.04. The van der Waals surface area contributed by atoms with Gasteiger partial charge >= 0.3 is 6.03 Å². The van der Waals surface area contributed by atoms with E-state index in [0.717, 1.165) is 16.7 Å². The van der Waals surface area contributed by atoms with Crippen LogP contribution in [-0.2, 0) is 19.9 Å². The van der Waals surface area contributed by atoms with Crippen LogP contribution in [0.15, 0.2) is 59.0 Å². The Kier molecular flexibility index (Phi) is 4.88. The van der Waals surface area contributed by atoms with Crippen LogP contribution < -0.4 is 15.5 Å². The molecule has 9 nitrogen and oxygen atoms in total. The van der Waals surface area contributed by atoms with Crippen LogP contribution in [0.5, 0.6) is 0 Å². The summed E-state index contributed by atoms with van der Waals surface area (Å²) in [5.74, 6) is -0.841. The number of para-hydroxylation sites is 3. The number of benzene rings is 2. The fourth-order valence-corrected chi connectivity index (χ4v) is 4.29. The molecule has 2 fully saturated rings. The molecule has 1 atom stereocenters. The fraction of sp³-hybridized carbons (Fsp3) is 0.250. The van der Waals surface area contributed by atoms with Crippen LogP contribution in [0.4, 0.5) is 16.2 Å². The highest BCUT2D eigenvalue weighted by Gasteiger charge is 2.51. The normalized spacial score (nSPS) is 20.6. The molecular weight excluding hydrogens is 424 g/mol. The van der Waals surface area contributed by atoms with Crippen LogP contribution in [0.3, 0.4) is 0 Å².